The molecular formula is C27H23N2O3Pt-. The Kier molecular flexibility index (Phi) is 7.45. The van der Waals surface area contributed by atoms with E-state index in [4.69, 9.17) is 9.52 Å². The summed E-state index contributed by atoms with van der Waals surface area (Å²) in [5.41, 5.74) is 5.00. The van der Waals surface area contributed by atoms with Gasteiger partial charge in [0.25, 0.3) is 0 Å². The first-order valence-electron chi connectivity index (χ1n) is 10.3. The Morgan fingerprint density at radius 3 is 2.36 bits per heavy atom. The molecule has 0 atom stereocenters. The maximum absolute atomic E-state index is 10.1. The predicted octanol–water partition coefficient (Wildman–Crippen LogP) is 6.52. The van der Waals surface area contributed by atoms with Crippen LogP contribution in [-0.4, -0.2) is 21.0 Å². The van der Waals surface area contributed by atoms with E-state index in [0.717, 1.165) is 33.2 Å². The number of pyridine rings is 2. The summed E-state index contributed by atoms with van der Waals surface area (Å²) >= 11 is 0. The summed E-state index contributed by atoms with van der Waals surface area (Å²) in [5, 5.41) is 10.6. The van der Waals surface area contributed by atoms with E-state index in [1.165, 1.54) is 17.8 Å². The Labute approximate surface area is 206 Å². The van der Waals surface area contributed by atoms with Crippen LogP contribution in [0.2, 0.25) is 0 Å². The number of para-hydroxylation sites is 1. The van der Waals surface area contributed by atoms with Crippen molar-refractivity contribution in [3.8, 4) is 11.3 Å². The van der Waals surface area contributed by atoms with Gasteiger partial charge in [0.1, 0.15) is 11.3 Å². The molecule has 0 aliphatic carbocycles. The molecular weight excluding hydrogens is 595 g/mol. The average molecular weight is 619 g/mol. The van der Waals surface area contributed by atoms with Crippen LogP contribution >= 0.6 is 0 Å². The Morgan fingerprint density at radius 2 is 1.70 bits per heavy atom. The molecule has 5 nitrogen and oxygen atoms in total. The summed E-state index contributed by atoms with van der Waals surface area (Å²) in [7, 11) is 0. The van der Waals surface area contributed by atoms with Gasteiger partial charge in [0.2, 0.25) is 0 Å². The molecule has 0 unspecified atom stereocenters. The van der Waals surface area contributed by atoms with Gasteiger partial charge in [0.05, 0.1) is 5.58 Å². The average Bonchev–Trinajstić information content (AvgIpc) is 3.18. The normalized spacial score (nSPS) is 10.9. The Balaban J connectivity index is 0.000000260. The van der Waals surface area contributed by atoms with Gasteiger partial charge in [-0.3, -0.25) is 0 Å². The Bertz CT molecular complexity index is 1390. The number of rotatable bonds is 2. The third-order valence-electron chi connectivity index (χ3n) is 5.10. The van der Waals surface area contributed by atoms with Crippen molar-refractivity contribution in [3.05, 3.63) is 96.4 Å². The molecule has 3 heterocycles. The van der Waals surface area contributed by atoms with Gasteiger partial charge in [0, 0.05) is 38.8 Å². The van der Waals surface area contributed by atoms with Crippen molar-refractivity contribution in [2.24, 2.45) is 0 Å². The van der Waals surface area contributed by atoms with Crippen LogP contribution in [0.1, 0.15) is 36.8 Å². The molecule has 0 fully saturated rings. The molecule has 0 saturated heterocycles. The maximum Gasteiger partial charge on any atom is 0.354 e. The monoisotopic (exact) mass is 618 g/mol. The second-order valence-electron chi connectivity index (χ2n) is 8.39. The number of benzene rings is 2. The molecule has 3 aromatic heterocycles. The molecule has 0 spiro atoms. The van der Waals surface area contributed by atoms with Crippen LogP contribution in [0.4, 0.5) is 0 Å². The largest absolute Gasteiger partial charge is 0.501 e. The zero-order chi connectivity index (χ0) is 22.7. The molecule has 6 heteroatoms. The number of hydrogen-bond donors (Lipinski definition) is 1. The molecule has 0 aliphatic rings. The molecule has 5 rings (SSSR count). The van der Waals surface area contributed by atoms with Crippen molar-refractivity contribution in [1.29, 1.82) is 0 Å². The third-order valence-corrected chi connectivity index (χ3v) is 5.10. The first kappa shape index (κ1) is 24.3. The minimum atomic E-state index is -0.990. The molecule has 0 aliphatic heterocycles. The molecule has 0 amide bonds. The summed E-state index contributed by atoms with van der Waals surface area (Å²) in [6, 6.07) is 24.4. The van der Waals surface area contributed by atoms with Gasteiger partial charge >= 0.3 is 5.97 Å². The van der Waals surface area contributed by atoms with Crippen molar-refractivity contribution >= 4 is 27.9 Å². The Morgan fingerprint density at radius 1 is 0.939 bits per heavy atom. The van der Waals surface area contributed by atoms with E-state index in [9.17, 15) is 4.79 Å². The first-order valence-corrected chi connectivity index (χ1v) is 10.3. The van der Waals surface area contributed by atoms with E-state index >= 15 is 0 Å². The zero-order valence-corrected chi connectivity index (χ0v) is 20.8. The summed E-state index contributed by atoms with van der Waals surface area (Å²) in [4.78, 5) is 18.3. The summed E-state index contributed by atoms with van der Waals surface area (Å²) in [6.45, 7) is 6.62. The molecule has 5 aromatic rings. The van der Waals surface area contributed by atoms with Crippen molar-refractivity contribution in [2.75, 3.05) is 0 Å². The van der Waals surface area contributed by atoms with Gasteiger partial charge in [-0.2, -0.15) is 0 Å². The van der Waals surface area contributed by atoms with E-state index in [2.05, 4.69) is 61.1 Å². The molecule has 1 N–H and O–H groups in total. The van der Waals surface area contributed by atoms with Gasteiger partial charge in [-0.15, -0.1) is 18.2 Å². The molecule has 0 radical (unpaired) electrons. The van der Waals surface area contributed by atoms with E-state index in [0.29, 0.717) is 0 Å². The number of fused-ring (bicyclic) bond motifs is 3. The number of aromatic nitrogens is 2. The van der Waals surface area contributed by atoms with Crippen LogP contribution in [-0.2, 0) is 26.5 Å². The Hall–Kier alpha value is -3.30. The quantitative estimate of drug-likeness (QED) is 0.228. The minimum absolute atomic E-state index is 0. The summed E-state index contributed by atoms with van der Waals surface area (Å²) in [6.07, 6.45) is 3.31. The van der Waals surface area contributed by atoms with Crippen LogP contribution in [0.3, 0.4) is 0 Å². The van der Waals surface area contributed by atoms with Crippen LogP contribution in [0.25, 0.3) is 33.2 Å². The van der Waals surface area contributed by atoms with E-state index < -0.39 is 5.97 Å². The minimum Gasteiger partial charge on any atom is -0.501 e. The van der Waals surface area contributed by atoms with Gasteiger partial charge in [-0.1, -0.05) is 62.1 Å². The third kappa shape index (κ3) is 5.37. The number of aromatic carboxylic acids is 1. The van der Waals surface area contributed by atoms with Crippen molar-refractivity contribution in [3.63, 3.8) is 0 Å². The molecule has 2 aromatic carbocycles. The maximum atomic E-state index is 10.1. The fourth-order valence-corrected chi connectivity index (χ4v) is 3.40. The van der Waals surface area contributed by atoms with E-state index in [-0.39, 0.29) is 32.2 Å². The molecule has 0 bridgehead atoms. The fraction of sp³-hybridized carbons (Fsp3) is 0.148. The van der Waals surface area contributed by atoms with Gasteiger partial charge in [-0.05, 0) is 40.9 Å². The fourth-order valence-electron chi connectivity index (χ4n) is 3.40. The van der Waals surface area contributed by atoms with Gasteiger partial charge in [-0.25, -0.2) is 9.78 Å². The van der Waals surface area contributed by atoms with Gasteiger partial charge < -0.3 is 14.5 Å². The first-order chi connectivity index (χ1) is 15.3. The molecule has 0 saturated carbocycles. The SMILES string of the molecule is CC(C)(C)c1ccnc(-c2[c-]ccc3c2oc2ccccc23)c1.O=C(O)c1ccccn1.[Pt]. The zero-order valence-electron chi connectivity index (χ0n) is 18.5. The second-order valence-corrected chi connectivity index (χ2v) is 8.39. The smallest absolute Gasteiger partial charge is 0.354 e. The van der Waals surface area contributed by atoms with Gasteiger partial charge in [0.15, 0.2) is 0 Å². The predicted molar refractivity (Wildman–Crippen MR) is 126 cm³/mol. The number of carbonyl (C=O) groups is 1. The van der Waals surface area contributed by atoms with Crippen molar-refractivity contribution in [2.45, 2.75) is 26.2 Å². The second kappa shape index (κ2) is 10.1. The molecule has 33 heavy (non-hydrogen) atoms. The van der Waals surface area contributed by atoms with Crippen LogP contribution < -0.4 is 0 Å². The van der Waals surface area contributed by atoms with Crippen molar-refractivity contribution in [1.82, 2.24) is 9.97 Å². The molecule has 170 valence electrons. The number of furan rings is 1. The van der Waals surface area contributed by atoms with E-state index in [1.807, 2.05) is 30.5 Å². The van der Waals surface area contributed by atoms with Crippen LogP contribution in [0, 0.1) is 6.07 Å². The van der Waals surface area contributed by atoms with Crippen molar-refractivity contribution < 1.29 is 35.4 Å². The van der Waals surface area contributed by atoms with Crippen LogP contribution in [0.15, 0.2) is 83.5 Å². The number of hydrogen-bond acceptors (Lipinski definition) is 4. The van der Waals surface area contributed by atoms with Crippen LogP contribution in [0.5, 0.6) is 0 Å². The standard InChI is InChI=1S/C21H18NO.C6H5NO2.Pt/c1-21(2,3)14-11-12-22-18(13-14)17-9-6-8-16-15-7-4-5-10-19(15)23-20(16)17;8-6(9)5-3-1-2-4-7-5;/h4-8,10-13H,1-3H3;1-4H,(H,8,9);/q-1;;. The van der Waals surface area contributed by atoms with E-state index in [1.54, 1.807) is 12.1 Å². The number of nitrogens with zero attached hydrogens (tertiary/aromatic N) is 2. The number of carboxylic acids is 1. The summed E-state index contributed by atoms with van der Waals surface area (Å²) < 4.78 is 6.09. The number of carboxylic acid groups (broad SMARTS) is 1. The summed E-state index contributed by atoms with van der Waals surface area (Å²) in [5.74, 6) is -0.990. The topological polar surface area (TPSA) is 76.2 Å².